The maximum absolute atomic E-state index is 10.9. The molecule has 0 aliphatic heterocycles. The third-order valence-corrected chi connectivity index (χ3v) is 3.34. The standard InChI is InChI=1S/C16H24O3/c1-12(2)13-6-8-14(9-7-13)19-11-5-10-16(3,4)15(17)18/h6-9,12H,5,10-11H2,1-4H3,(H,17,18). The molecule has 0 radical (unpaired) electrons. The lowest BCUT2D eigenvalue weighted by atomic mass is 9.88. The molecule has 0 heterocycles. The van der Waals surface area contributed by atoms with Crippen molar-refractivity contribution in [1.82, 2.24) is 0 Å². The van der Waals surface area contributed by atoms with Gasteiger partial charge in [-0.25, -0.2) is 0 Å². The van der Waals surface area contributed by atoms with Crippen molar-refractivity contribution in [2.24, 2.45) is 5.41 Å². The Morgan fingerprint density at radius 2 is 1.84 bits per heavy atom. The molecule has 3 heteroatoms. The van der Waals surface area contributed by atoms with Crippen LogP contribution < -0.4 is 4.74 Å². The Bertz CT molecular complexity index is 405. The number of carboxylic acids is 1. The Morgan fingerprint density at radius 1 is 1.26 bits per heavy atom. The smallest absolute Gasteiger partial charge is 0.309 e. The molecular weight excluding hydrogens is 240 g/mol. The Labute approximate surface area is 115 Å². The van der Waals surface area contributed by atoms with E-state index in [0.29, 0.717) is 18.9 Å². The normalized spacial score (nSPS) is 11.6. The first-order valence-electron chi connectivity index (χ1n) is 6.79. The van der Waals surface area contributed by atoms with Crippen LogP contribution in [0.4, 0.5) is 0 Å². The molecule has 0 aliphatic rings. The Hall–Kier alpha value is -1.51. The highest BCUT2D eigenvalue weighted by Gasteiger charge is 2.26. The van der Waals surface area contributed by atoms with Crippen LogP contribution in [-0.4, -0.2) is 17.7 Å². The van der Waals surface area contributed by atoms with E-state index in [1.807, 2.05) is 12.1 Å². The summed E-state index contributed by atoms with van der Waals surface area (Å²) in [5.41, 5.74) is 0.615. The molecule has 0 saturated heterocycles. The third kappa shape index (κ3) is 4.93. The maximum atomic E-state index is 10.9. The Morgan fingerprint density at radius 3 is 2.32 bits per heavy atom. The molecule has 3 nitrogen and oxygen atoms in total. The predicted octanol–water partition coefficient (Wildman–Crippen LogP) is 4.08. The van der Waals surface area contributed by atoms with E-state index >= 15 is 0 Å². The van der Waals surface area contributed by atoms with Crippen LogP contribution in [-0.2, 0) is 4.79 Å². The van der Waals surface area contributed by atoms with E-state index < -0.39 is 11.4 Å². The zero-order valence-electron chi connectivity index (χ0n) is 12.3. The van der Waals surface area contributed by atoms with Crippen molar-refractivity contribution in [3.05, 3.63) is 29.8 Å². The van der Waals surface area contributed by atoms with Crippen LogP contribution in [0.2, 0.25) is 0 Å². The van der Waals surface area contributed by atoms with E-state index in [-0.39, 0.29) is 0 Å². The van der Waals surface area contributed by atoms with Gasteiger partial charge in [0, 0.05) is 0 Å². The van der Waals surface area contributed by atoms with Crippen LogP contribution in [0.15, 0.2) is 24.3 Å². The molecule has 1 N–H and O–H groups in total. The number of carbonyl (C=O) groups is 1. The second-order valence-electron chi connectivity index (χ2n) is 5.86. The van der Waals surface area contributed by atoms with Crippen molar-refractivity contribution < 1.29 is 14.6 Å². The summed E-state index contributed by atoms with van der Waals surface area (Å²) in [4.78, 5) is 10.9. The van der Waals surface area contributed by atoms with E-state index in [0.717, 1.165) is 12.2 Å². The Balaban J connectivity index is 2.36. The lowest BCUT2D eigenvalue weighted by Gasteiger charge is -2.18. The van der Waals surface area contributed by atoms with Crippen molar-refractivity contribution in [2.45, 2.75) is 46.5 Å². The summed E-state index contributed by atoms with van der Waals surface area (Å²) in [6.07, 6.45) is 1.36. The van der Waals surface area contributed by atoms with Gasteiger partial charge in [-0.1, -0.05) is 26.0 Å². The monoisotopic (exact) mass is 264 g/mol. The minimum Gasteiger partial charge on any atom is -0.494 e. The number of hydrogen-bond donors (Lipinski definition) is 1. The van der Waals surface area contributed by atoms with Gasteiger partial charge < -0.3 is 9.84 Å². The molecule has 1 rings (SSSR count). The van der Waals surface area contributed by atoms with Gasteiger partial charge in [0.2, 0.25) is 0 Å². The molecular formula is C16H24O3. The zero-order chi connectivity index (χ0) is 14.5. The quantitative estimate of drug-likeness (QED) is 0.755. The van der Waals surface area contributed by atoms with Crippen LogP contribution in [0.1, 0.15) is 52.0 Å². The van der Waals surface area contributed by atoms with Gasteiger partial charge in [0.1, 0.15) is 5.75 Å². The molecule has 0 spiro atoms. The average Bonchev–Trinajstić information content (AvgIpc) is 2.35. The van der Waals surface area contributed by atoms with Crippen molar-refractivity contribution >= 4 is 5.97 Å². The van der Waals surface area contributed by atoms with Gasteiger partial charge in [-0.3, -0.25) is 4.79 Å². The molecule has 0 aliphatic carbocycles. The highest BCUT2D eigenvalue weighted by Crippen LogP contribution is 2.23. The van der Waals surface area contributed by atoms with Gasteiger partial charge in [-0.15, -0.1) is 0 Å². The van der Waals surface area contributed by atoms with E-state index in [1.165, 1.54) is 5.56 Å². The number of ether oxygens (including phenoxy) is 1. The molecule has 106 valence electrons. The first kappa shape index (κ1) is 15.5. The fourth-order valence-corrected chi connectivity index (χ4v) is 1.76. The van der Waals surface area contributed by atoms with E-state index in [1.54, 1.807) is 13.8 Å². The van der Waals surface area contributed by atoms with Crippen molar-refractivity contribution in [2.75, 3.05) is 6.61 Å². The van der Waals surface area contributed by atoms with E-state index in [4.69, 9.17) is 9.84 Å². The second kappa shape index (κ2) is 6.60. The van der Waals surface area contributed by atoms with Crippen LogP contribution in [0, 0.1) is 5.41 Å². The lowest BCUT2D eigenvalue weighted by molar-refractivity contribution is -0.147. The minimum absolute atomic E-state index is 0.519. The number of rotatable bonds is 7. The van der Waals surface area contributed by atoms with Crippen LogP contribution in [0.5, 0.6) is 5.75 Å². The fourth-order valence-electron chi connectivity index (χ4n) is 1.76. The molecule has 0 aromatic heterocycles. The highest BCUT2D eigenvalue weighted by atomic mass is 16.5. The average molecular weight is 264 g/mol. The van der Waals surface area contributed by atoms with Gasteiger partial charge >= 0.3 is 5.97 Å². The summed E-state index contributed by atoms with van der Waals surface area (Å²) in [5.74, 6) is 0.608. The summed E-state index contributed by atoms with van der Waals surface area (Å²) < 4.78 is 5.62. The van der Waals surface area contributed by atoms with Gasteiger partial charge in [0.05, 0.1) is 12.0 Å². The second-order valence-corrected chi connectivity index (χ2v) is 5.86. The summed E-state index contributed by atoms with van der Waals surface area (Å²) in [5, 5.41) is 9.00. The lowest BCUT2D eigenvalue weighted by Crippen LogP contribution is -2.24. The van der Waals surface area contributed by atoms with Gasteiger partial charge in [-0.2, -0.15) is 0 Å². The fraction of sp³-hybridized carbons (Fsp3) is 0.562. The third-order valence-electron chi connectivity index (χ3n) is 3.34. The first-order valence-corrected chi connectivity index (χ1v) is 6.79. The summed E-state index contributed by atoms with van der Waals surface area (Å²) >= 11 is 0. The number of aliphatic carboxylic acids is 1. The molecule has 19 heavy (non-hydrogen) atoms. The number of hydrogen-bond acceptors (Lipinski definition) is 2. The zero-order valence-corrected chi connectivity index (χ0v) is 12.3. The van der Waals surface area contributed by atoms with Gasteiger partial charge in [-0.05, 0) is 50.3 Å². The molecule has 1 aromatic rings. The minimum atomic E-state index is -0.756. The topological polar surface area (TPSA) is 46.5 Å². The van der Waals surface area contributed by atoms with E-state index in [9.17, 15) is 4.79 Å². The maximum Gasteiger partial charge on any atom is 0.309 e. The van der Waals surface area contributed by atoms with E-state index in [2.05, 4.69) is 26.0 Å². The Kier molecular flexibility index (Phi) is 5.40. The SMILES string of the molecule is CC(C)c1ccc(OCCCC(C)(C)C(=O)O)cc1. The van der Waals surface area contributed by atoms with Crippen LogP contribution in [0.25, 0.3) is 0 Å². The molecule has 0 atom stereocenters. The van der Waals surface area contributed by atoms with Crippen molar-refractivity contribution in [3.8, 4) is 5.75 Å². The van der Waals surface area contributed by atoms with Crippen molar-refractivity contribution in [3.63, 3.8) is 0 Å². The molecule has 0 fully saturated rings. The van der Waals surface area contributed by atoms with Gasteiger partial charge in [0.25, 0.3) is 0 Å². The summed E-state index contributed by atoms with van der Waals surface area (Å²) in [6.45, 7) is 8.35. The summed E-state index contributed by atoms with van der Waals surface area (Å²) in [6, 6.07) is 8.08. The molecule has 0 saturated carbocycles. The highest BCUT2D eigenvalue weighted by molar-refractivity contribution is 5.73. The summed E-state index contributed by atoms with van der Waals surface area (Å²) in [7, 11) is 0. The first-order chi connectivity index (χ1) is 8.83. The molecule has 1 aromatic carbocycles. The largest absolute Gasteiger partial charge is 0.494 e. The van der Waals surface area contributed by atoms with Crippen molar-refractivity contribution in [1.29, 1.82) is 0 Å². The molecule has 0 bridgehead atoms. The van der Waals surface area contributed by atoms with Crippen LogP contribution >= 0.6 is 0 Å². The number of benzene rings is 1. The molecule has 0 unspecified atom stereocenters. The van der Waals surface area contributed by atoms with Crippen LogP contribution in [0.3, 0.4) is 0 Å². The number of carboxylic acid groups (broad SMARTS) is 1. The van der Waals surface area contributed by atoms with Gasteiger partial charge in [0.15, 0.2) is 0 Å². The predicted molar refractivity (Wildman–Crippen MR) is 76.7 cm³/mol. The molecule has 0 amide bonds.